The Kier molecular flexibility index (Phi) is 7.75. The van der Waals surface area contributed by atoms with Crippen LogP contribution in [0.4, 0.5) is 0 Å². The quantitative estimate of drug-likeness (QED) is 0.601. The number of guanidine groups is 1. The fourth-order valence-electron chi connectivity index (χ4n) is 2.21. The lowest BCUT2D eigenvalue weighted by atomic mass is 10.0. The highest BCUT2D eigenvalue weighted by Gasteiger charge is 2.13. The first-order chi connectivity index (χ1) is 9.92. The van der Waals surface area contributed by atoms with Crippen molar-refractivity contribution in [2.45, 2.75) is 39.8 Å². The Balaban J connectivity index is 2.42. The van der Waals surface area contributed by atoms with E-state index in [9.17, 15) is 0 Å². The Hall–Kier alpha value is -1.07. The van der Waals surface area contributed by atoms with E-state index in [0.717, 1.165) is 19.0 Å². The molecular formula is C16H30N4S. The van der Waals surface area contributed by atoms with Crippen molar-refractivity contribution < 1.29 is 0 Å². The number of likely N-dealkylation sites (N-methyl/N-ethyl adjacent to an activating group) is 1. The summed E-state index contributed by atoms with van der Waals surface area (Å²) in [4.78, 5) is 9.26. The number of hydrogen-bond acceptors (Lipinski definition) is 3. The minimum atomic E-state index is 0.521. The number of nitrogens with one attached hydrogen (secondary N) is 2. The van der Waals surface area contributed by atoms with Gasteiger partial charge in [0.15, 0.2) is 5.96 Å². The molecule has 1 aromatic rings. The summed E-state index contributed by atoms with van der Waals surface area (Å²) in [6, 6.07) is 4.84. The van der Waals surface area contributed by atoms with Gasteiger partial charge < -0.3 is 15.5 Å². The maximum atomic E-state index is 4.30. The molecule has 0 bridgehead atoms. The van der Waals surface area contributed by atoms with Crippen molar-refractivity contribution in [1.82, 2.24) is 15.5 Å². The van der Waals surface area contributed by atoms with E-state index in [1.54, 1.807) is 0 Å². The summed E-state index contributed by atoms with van der Waals surface area (Å²) in [5.41, 5.74) is 0. The number of aryl methyl sites for hydroxylation is 1. The van der Waals surface area contributed by atoms with Gasteiger partial charge in [-0.05, 0) is 45.5 Å². The van der Waals surface area contributed by atoms with Crippen LogP contribution < -0.4 is 10.6 Å². The van der Waals surface area contributed by atoms with Crippen molar-refractivity contribution in [2.24, 2.45) is 10.9 Å². The molecule has 1 unspecified atom stereocenters. The van der Waals surface area contributed by atoms with Gasteiger partial charge in [-0.25, -0.2) is 0 Å². The van der Waals surface area contributed by atoms with Crippen LogP contribution in [0.5, 0.6) is 0 Å². The van der Waals surface area contributed by atoms with E-state index in [-0.39, 0.29) is 0 Å². The molecular weight excluding hydrogens is 280 g/mol. The third-order valence-electron chi connectivity index (χ3n) is 3.43. The second kappa shape index (κ2) is 9.05. The summed E-state index contributed by atoms with van der Waals surface area (Å²) in [5.74, 6) is 1.57. The zero-order chi connectivity index (χ0) is 15.8. The highest BCUT2D eigenvalue weighted by Crippen LogP contribution is 2.14. The number of rotatable bonds is 7. The predicted octanol–water partition coefficient (Wildman–Crippen LogP) is 2.70. The Morgan fingerprint density at radius 2 is 2.00 bits per heavy atom. The molecule has 21 heavy (non-hydrogen) atoms. The normalized spacial score (nSPS) is 13.8. The number of aliphatic imine (C=N–C) groups is 1. The van der Waals surface area contributed by atoms with Crippen LogP contribution >= 0.6 is 11.3 Å². The van der Waals surface area contributed by atoms with Gasteiger partial charge in [-0.1, -0.05) is 13.8 Å². The van der Waals surface area contributed by atoms with Gasteiger partial charge in [-0.15, -0.1) is 11.3 Å². The van der Waals surface area contributed by atoms with E-state index < -0.39 is 0 Å². The van der Waals surface area contributed by atoms with Crippen molar-refractivity contribution in [1.29, 1.82) is 0 Å². The first kappa shape index (κ1) is 18.0. The zero-order valence-electron chi connectivity index (χ0n) is 14.2. The van der Waals surface area contributed by atoms with Gasteiger partial charge in [0.2, 0.25) is 0 Å². The average molecular weight is 311 g/mol. The third-order valence-corrected chi connectivity index (χ3v) is 4.43. The average Bonchev–Trinajstić information content (AvgIpc) is 2.82. The van der Waals surface area contributed by atoms with Gasteiger partial charge >= 0.3 is 0 Å². The second-order valence-corrected chi connectivity index (χ2v) is 7.44. The lowest BCUT2D eigenvalue weighted by Gasteiger charge is -2.27. The summed E-state index contributed by atoms with van der Waals surface area (Å²) in [5, 5.41) is 6.81. The fourth-order valence-corrected chi connectivity index (χ4v) is 3.04. The topological polar surface area (TPSA) is 39.7 Å². The predicted molar refractivity (Wildman–Crippen MR) is 94.2 cm³/mol. The highest BCUT2D eigenvalue weighted by molar-refractivity contribution is 7.11. The van der Waals surface area contributed by atoms with Crippen LogP contribution in [0.1, 0.15) is 30.0 Å². The second-order valence-electron chi connectivity index (χ2n) is 6.07. The van der Waals surface area contributed by atoms with E-state index in [1.165, 1.54) is 16.2 Å². The molecule has 0 amide bonds. The van der Waals surface area contributed by atoms with Crippen molar-refractivity contribution in [3.63, 3.8) is 0 Å². The van der Waals surface area contributed by atoms with Crippen molar-refractivity contribution >= 4 is 17.3 Å². The molecule has 0 spiro atoms. The molecule has 0 aromatic carbocycles. The van der Waals surface area contributed by atoms with Crippen molar-refractivity contribution in [2.75, 3.05) is 27.7 Å². The Labute approximate surface area is 133 Å². The Morgan fingerprint density at radius 1 is 1.29 bits per heavy atom. The summed E-state index contributed by atoms with van der Waals surface area (Å²) < 4.78 is 0. The summed E-state index contributed by atoms with van der Waals surface area (Å²) >= 11 is 1.82. The van der Waals surface area contributed by atoms with Gasteiger partial charge in [0.1, 0.15) is 0 Å². The van der Waals surface area contributed by atoms with E-state index in [4.69, 9.17) is 0 Å². The molecule has 120 valence electrons. The molecule has 0 saturated heterocycles. The molecule has 1 heterocycles. The van der Waals surface area contributed by atoms with Crippen LogP contribution in [-0.2, 0) is 6.54 Å². The molecule has 1 aromatic heterocycles. The van der Waals surface area contributed by atoms with Crippen LogP contribution in [0.25, 0.3) is 0 Å². The number of hydrogen-bond donors (Lipinski definition) is 2. The van der Waals surface area contributed by atoms with Crippen molar-refractivity contribution in [3.05, 3.63) is 21.9 Å². The zero-order valence-corrected chi connectivity index (χ0v) is 15.0. The molecule has 5 heteroatoms. The molecule has 0 fully saturated rings. The van der Waals surface area contributed by atoms with E-state index >= 15 is 0 Å². The highest BCUT2D eigenvalue weighted by atomic mass is 32.1. The lowest BCUT2D eigenvalue weighted by molar-refractivity contribution is 0.254. The van der Waals surface area contributed by atoms with E-state index in [0.29, 0.717) is 12.0 Å². The summed E-state index contributed by atoms with van der Waals surface area (Å²) in [6.45, 7) is 8.41. The fraction of sp³-hybridized carbons (Fsp3) is 0.688. The maximum absolute atomic E-state index is 4.30. The van der Waals surface area contributed by atoms with E-state index in [2.05, 4.69) is 67.5 Å². The third kappa shape index (κ3) is 6.96. The van der Waals surface area contributed by atoms with Crippen molar-refractivity contribution in [3.8, 4) is 0 Å². The molecule has 0 saturated carbocycles. The summed E-state index contributed by atoms with van der Waals surface area (Å²) in [6.07, 6.45) is 1.18. The first-order valence-electron chi connectivity index (χ1n) is 7.58. The van der Waals surface area contributed by atoms with Crippen LogP contribution in [0, 0.1) is 12.8 Å². The van der Waals surface area contributed by atoms with Crippen LogP contribution in [0.15, 0.2) is 17.1 Å². The largest absolute Gasteiger partial charge is 0.355 e. The molecule has 4 nitrogen and oxygen atoms in total. The molecule has 1 atom stereocenters. The number of thiophene rings is 1. The SMILES string of the molecule is CN=C(NCc1ccc(C)s1)NCC(CC(C)C)N(C)C. The monoisotopic (exact) mass is 310 g/mol. The smallest absolute Gasteiger partial charge is 0.191 e. The molecule has 0 aliphatic heterocycles. The maximum Gasteiger partial charge on any atom is 0.191 e. The van der Waals surface area contributed by atoms with Crippen LogP contribution in [0.2, 0.25) is 0 Å². The molecule has 0 aliphatic rings. The number of nitrogens with zero attached hydrogens (tertiary/aromatic N) is 2. The molecule has 2 N–H and O–H groups in total. The molecule has 0 radical (unpaired) electrons. The van der Waals surface area contributed by atoms with Gasteiger partial charge in [0.05, 0.1) is 6.54 Å². The van der Waals surface area contributed by atoms with Gasteiger partial charge in [-0.3, -0.25) is 4.99 Å². The Morgan fingerprint density at radius 3 is 2.48 bits per heavy atom. The molecule has 0 aliphatic carbocycles. The van der Waals surface area contributed by atoms with Gasteiger partial charge in [-0.2, -0.15) is 0 Å². The summed E-state index contributed by atoms with van der Waals surface area (Å²) in [7, 11) is 6.10. The minimum absolute atomic E-state index is 0.521. The van der Waals surface area contributed by atoms with E-state index in [1.807, 2.05) is 18.4 Å². The first-order valence-corrected chi connectivity index (χ1v) is 8.40. The lowest BCUT2D eigenvalue weighted by Crippen LogP contribution is -2.45. The Bertz CT molecular complexity index is 437. The molecule has 1 rings (SSSR count). The minimum Gasteiger partial charge on any atom is -0.355 e. The van der Waals surface area contributed by atoms with Crippen LogP contribution in [-0.4, -0.2) is 44.6 Å². The van der Waals surface area contributed by atoms with Crippen LogP contribution in [0.3, 0.4) is 0 Å². The standard InChI is InChI=1S/C16H30N4S/c1-12(2)9-14(20(5)6)10-18-16(17-4)19-11-15-8-7-13(3)21-15/h7-8,12,14H,9-11H2,1-6H3,(H2,17,18,19). The van der Waals surface area contributed by atoms with Gasteiger partial charge in [0.25, 0.3) is 0 Å². The van der Waals surface area contributed by atoms with Gasteiger partial charge in [0, 0.05) is 29.4 Å².